The summed E-state index contributed by atoms with van der Waals surface area (Å²) in [4.78, 5) is 17.6. The number of carbonyl (C=O) groups is 1. The van der Waals surface area contributed by atoms with E-state index in [9.17, 15) is 4.79 Å². The Kier molecular flexibility index (Phi) is 4.24. The van der Waals surface area contributed by atoms with Crippen LogP contribution < -0.4 is 5.32 Å². The zero-order valence-electron chi connectivity index (χ0n) is 9.45. The van der Waals surface area contributed by atoms with Crippen LogP contribution in [0.25, 0.3) is 0 Å². The Morgan fingerprint density at radius 2 is 2.27 bits per heavy atom. The maximum absolute atomic E-state index is 11.8. The second kappa shape index (κ2) is 5.46. The summed E-state index contributed by atoms with van der Waals surface area (Å²) in [5, 5.41) is 3.00. The fourth-order valence-electron chi connectivity index (χ4n) is 1.17. The normalized spacial score (nSPS) is 10.1. The second-order valence-corrected chi connectivity index (χ2v) is 3.55. The van der Waals surface area contributed by atoms with Crippen LogP contribution in [0.4, 0.5) is 0 Å². The van der Waals surface area contributed by atoms with Gasteiger partial charge in [0, 0.05) is 26.3 Å². The summed E-state index contributed by atoms with van der Waals surface area (Å²) in [5.41, 5.74) is 1.56. The molecule has 0 saturated heterocycles. The van der Waals surface area contributed by atoms with E-state index in [0.29, 0.717) is 12.2 Å². The maximum Gasteiger partial charge on any atom is 0.272 e. The third-order valence-electron chi connectivity index (χ3n) is 2.17. The zero-order chi connectivity index (χ0) is 11.3. The Hall–Kier alpha value is -1.42. The summed E-state index contributed by atoms with van der Waals surface area (Å²) >= 11 is 0. The molecule has 1 aromatic heterocycles. The number of aryl methyl sites for hydroxylation is 1. The third kappa shape index (κ3) is 3.32. The highest BCUT2D eigenvalue weighted by molar-refractivity contribution is 5.92. The Morgan fingerprint density at radius 1 is 1.53 bits per heavy atom. The average Bonchev–Trinajstić information content (AvgIpc) is 2.26. The van der Waals surface area contributed by atoms with E-state index >= 15 is 0 Å². The van der Waals surface area contributed by atoms with Crippen molar-refractivity contribution in [3.05, 3.63) is 29.6 Å². The van der Waals surface area contributed by atoms with E-state index in [1.807, 2.05) is 20.0 Å². The predicted octanol–water partition coefficient (Wildman–Crippen LogP) is 0.681. The van der Waals surface area contributed by atoms with Crippen LogP contribution in [0, 0.1) is 6.92 Å². The van der Waals surface area contributed by atoms with E-state index in [4.69, 9.17) is 0 Å². The van der Waals surface area contributed by atoms with Crippen molar-refractivity contribution in [2.75, 3.05) is 27.2 Å². The summed E-state index contributed by atoms with van der Waals surface area (Å²) in [6.45, 7) is 3.42. The lowest BCUT2D eigenvalue weighted by Crippen LogP contribution is -2.33. The number of hydrogen-bond donors (Lipinski definition) is 1. The highest BCUT2D eigenvalue weighted by Crippen LogP contribution is 2.01. The number of pyridine rings is 1. The largest absolute Gasteiger partial charge is 0.339 e. The molecule has 1 N–H and O–H groups in total. The van der Waals surface area contributed by atoms with Crippen LogP contribution in [-0.2, 0) is 0 Å². The van der Waals surface area contributed by atoms with Gasteiger partial charge in [0.25, 0.3) is 5.91 Å². The van der Waals surface area contributed by atoms with Gasteiger partial charge in [-0.2, -0.15) is 0 Å². The van der Waals surface area contributed by atoms with E-state index in [-0.39, 0.29) is 5.91 Å². The molecule has 0 atom stereocenters. The van der Waals surface area contributed by atoms with Gasteiger partial charge in [-0.25, -0.2) is 0 Å². The average molecular weight is 207 g/mol. The molecule has 4 heteroatoms. The van der Waals surface area contributed by atoms with Gasteiger partial charge in [-0.3, -0.25) is 9.78 Å². The fraction of sp³-hybridized carbons (Fsp3) is 0.455. The Labute approximate surface area is 90.3 Å². The summed E-state index contributed by atoms with van der Waals surface area (Å²) in [6, 6.07) is 3.65. The first-order valence-corrected chi connectivity index (χ1v) is 4.98. The first kappa shape index (κ1) is 11.7. The van der Waals surface area contributed by atoms with Crippen LogP contribution in [0.15, 0.2) is 18.3 Å². The van der Waals surface area contributed by atoms with Crippen molar-refractivity contribution < 1.29 is 4.79 Å². The maximum atomic E-state index is 11.8. The zero-order valence-corrected chi connectivity index (χ0v) is 9.45. The highest BCUT2D eigenvalue weighted by atomic mass is 16.2. The number of hydrogen-bond acceptors (Lipinski definition) is 3. The minimum Gasteiger partial charge on any atom is -0.339 e. The van der Waals surface area contributed by atoms with Gasteiger partial charge in [0.2, 0.25) is 0 Å². The molecule has 0 unspecified atom stereocenters. The monoisotopic (exact) mass is 207 g/mol. The van der Waals surface area contributed by atoms with Gasteiger partial charge in [0.15, 0.2) is 0 Å². The fourth-order valence-corrected chi connectivity index (χ4v) is 1.17. The second-order valence-electron chi connectivity index (χ2n) is 3.55. The molecule has 0 aliphatic carbocycles. The lowest BCUT2D eigenvalue weighted by molar-refractivity contribution is 0.0791. The van der Waals surface area contributed by atoms with Crippen molar-refractivity contribution in [2.45, 2.75) is 6.92 Å². The molecular formula is C11H17N3O. The van der Waals surface area contributed by atoms with Crippen molar-refractivity contribution in [1.29, 1.82) is 0 Å². The SMILES string of the molecule is CNCCN(C)C(=O)c1ccc(C)cn1. The molecule has 1 aromatic rings. The van der Waals surface area contributed by atoms with Crippen molar-refractivity contribution in [1.82, 2.24) is 15.2 Å². The Bertz CT molecular complexity index is 321. The van der Waals surface area contributed by atoms with E-state index in [2.05, 4.69) is 10.3 Å². The van der Waals surface area contributed by atoms with Gasteiger partial charge < -0.3 is 10.2 Å². The molecule has 0 aliphatic heterocycles. The van der Waals surface area contributed by atoms with Crippen LogP contribution >= 0.6 is 0 Å². The van der Waals surface area contributed by atoms with Crippen molar-refractivity contribution in [3.63, 3.8) is 0 Å². The molecule has 82 valence electrons. The summed E-state index contributed by atoms with van der Waals surface area (Å²) in [6.07, 6.45) is 1.71. The van der Waals surface area contributed by atoms with Gasteiger partial charge in [-0.15, -0.1) is 0 Å². The van der Waals surface area contributed by atoms with Gasteiger partial charge in [-0.1, -0.05) is 6.07 Å². The molecule has 0 fully saturated rings. The number of nitrogens with zero attached hydrogens (tertiary/aromatic N) is 2. The molecule has 0 bridgehead atoms. The van der Waals surface area contributed by atoms with E-state index in [0.717, 1.165) is 12.1 Å². The third-order valence-corrected chi connectivity index (χ3v) is 2.17. The number of aromatic nitrogens is 1. The quantitative estimate of drug-likeness (QED) is 0.789. The van der Waals surface area contributed by atoms with Gasteiger partial charge in [0.1, 0.15) is 5.69 Å². The van der Waals surface area contributed by atoms with Crippen molar-refractivity contribution in [2.24, 2.45) is 0 Å². The molecular weight excluding hydrogens is 190 g/mol. The van der Waals surface area contributed by atoms with Crippen LogP contribution in [0.5, 0.6) is 0 Å². The number of nitrogens with one attached hydrogen (secondary N) is 1. The topological polar surface area (TPSA) is 45.2 Å². The molecule has 0 aliphatic rings. The van der Waals surface area contributed by atoms with E-state index in [1.54, 1.807) is 24.2 Å². The molecule has 0 spiro atoms. The molecule has 0 saturated carbocycles. The van der Waals surface area contributed by atoms with Crippen LogP contribution in [0.3, 0.4) is 0 Å². The molecule has 1 amide bonds. The van der Waals surface area contributed by atoms with Crippen molar-refractivity contribution in [3.8, 4) is 0 Å². The Balaban J connectivity index is 2.63. The lowest BCUT2D eigenvalue weighted by atomic mass is 10.2. The van der Waals surface area contributed by atoms with Crippen molar-refractivity contribution >= 4 is 5.91 Å². The molecule has 4 nitrogen and oxygen atoms in total. The minimum absolute atomic E-state index is 0.0368. The lowest BCUT2D eigenvalue weighted by Gasteiger charge is -2.16. The van der Waals surface area contributed by atoms with Gasteiger partial charge in [-0.05, 0) is 25.6 Å². The number of amides is 1. The van der Waals surface area contributed by atoms with E-state index in [1.165, 1.54) is 0 Å². The summed E-state index contributed by atoms with van der Waals surface area (Å²) < 4.78 is 0. The first-order chi connectivity index (χ1) is 7.15. The highest BCUT2D eigenvalue weighted by Gasteiger charge is 2.11. The van der Waals surface area contributed by atoms with Crippen LogP contribution in [-0.4, -0.2) is 43.0 Å². The number of rotatable bonds is 4. The van der Waals surface area contributed by atoms with Crippen LogP contribution in [0.2, 0.25) is 0 Å². The summed E-state index contributed by atoms with van der Waals surface area (Å²) in [7, 11) is 3.64. The molecule has 15 heavy (non-hydrogen) atoms. The van der Waals surface area contributed by atoms with Gasteiger partial charge in [0.05, 0.1) is 0 Å². The molecule has 1 rings (SSSR count). The molecule has 0 radical (unpaired) electrons. The van der Waals surface area contributed by atoms with Crippen LogP contribution in [0.1, 0.15) is 16.1 Å². The standard InChI is InChI=1S/C11H17N3O/c1-9-4-5-10(13-8-9)11(15)14(3)7-6-12-2/h4-5,8,12H,6-7H2,1-3H3. The van der Waals surface area contributed by atoms with Gasteiger partial charge >= 0.3 is 0 Å². The summed E-state index contributed by atoms with van der Waals surface area (Å²) in [5.74, 6) is -0.0368. The molecule has 1 heterocycles. The predicted molar refractivity (Wildman–Crippen MR) is 59.9 cm³/mol. The molecule has 0 aromatic carbocycles. The number of carbonyl (C=O) groups excluding carboxylic acids is 1. The first-order valence-electron chi connectivity index (χ1n) is 4.98. The minimum atomic E-state index is -0.0368. The Morgan fingerprint density at radius 3 is 2.80 bits per heavy atom. The number of likely N-dealkylation sites (N-methyl/N-ethyl adjacent to an activating group) is 2. The smallest absolute Gasteiger partial charge is 0.272 e. The van der Waals surface area contributed by atoms with E-state index < -0.39 is 0 Å².